The van der Waals surface area contributed by atoms with Gasteiger partial charge in [-0.2, -0.15) is 0 Å². The molecular formula is C22H20N4O2. The molecule has 0 unspecified atom stereocenters. The van der Waals surface area contributed by atoms with Gasteiger partial charge >= 0.3 is 0 Å². The molecule has 140 valence electrons. The van der Waals surface area contributed by atoms with E-state index in [-0.39, 0.29) is 5.91 Å². The first-order valence-corrected chi connectivity index (χ1v) is 8.98. The molecule has 1 N–H and O–H groups in total. The Hall–Kier alpha value is -3.67. The van der Waals surface area contributed by atoms with Gasteiger partial charge in [0.25, 0.3) is 5.91 Å². The molecule has 1 aromatic carbocycles. The summed E-state index contributed by atoms with van der Waals surface area (Å²) in [6.45, 7) is 4.36. The fourth-order valence-corrected chi connectivity index (χ4v) is 2.88. The van der Waals surface area contributed by atoms with Gasteiger partial charge in [-0.25, -0.2) is 9.97 Å². The molecular weight excluding hydrogens is 352 g/mol. The van der Waals surface area contributed by atoms with Crippen molar-refractivity contribution in [3.8, 4) is 5.75 Å². The Balaban J connectivity index is 1.39. The number of aryl methyl sites for hydroxylation is 2. The van der Waals surface area contributed by atoms with Crippen LogP contribution >= 0.6 is 0 Å². The van der Waals surface area contributed by atoms with Crippen molar-refractivity contribution in [3.05, 3.63) is 89.5 Å². The molecule has 0 aliphatic carbocycles. The van der Waals surface area contributed by atoms with E-state index in [1.165, 1.54) is 5.56 Å². The summed E-state index contributed by atoms with van der Waals surface area (Å²) in [4.78, 5) is 21.0. The summed E-state index contributed by atoms with van der Waals surface area (Å²) in [6.07, 6.45) is 5.66. The second kappa shape index (κ2) is 7.52. The highest BCUT2D eigenvalue weighted by atomic mass is 16.5. The second-order valence-corrected chi connectivity index (χ2v) is 6.69. The molecule has 3 heterocycles. The topological polar surface area (TPSA) is 68.5 Å². The number of nitrogens with zero attached hydrogens (tertiary/aromatic N) is 3. The minimum Gasteiger partial charge on any atom is -0.487 e. The molecule has 28 heavy (non-hydrogen) atoms. The van der Waals surface area contributed by atoms with Gasteiger partial charge in [-0.3, -0.25) is 4.79 Å². The number of ether oxygens (including phenoxy) is 1. The number of anilines is 1. The number of rotatable bonds is 5. The Morgan fingerprint density at radius 3 is 2.64 bits per heavy atom. The Morgan fingerprint density at radius 2 is 1.86 bits per heavy atom. The highest BCUT2D eigenvalue weighted by Gasteiger charge is 2.08. The molecule has 4 rings (SSSR count). The fourth-order valence-electron chi connectivity index (χ4n) is 2.88. The van der Waals surface area contributed by atoms with Crippen LogP contribution in [0.3, 0.4) is 0 Å². The van der Waals surface area contributed by atoms with Crippen molar-refractivity contribution in [1.82, 2.24) is 14.4 Å². The van der Waals surface area contributed by atoms with Crippen molar-refractivity contribution in [2.24, 2.45) is 0 Å². The van der Waals surface area contributed by atoms with Gasteiger partial charge in [-0.1, -0.05) is 6.07 Å². The minimum absolute atomic E-state index is 0.208. The Kier molecular flexibility index (Phi) is 4.76. The summed E-state index contributed by atoms with van der Waals surface area (Å²) in [7, 11) is 0. The summed E-state index contributed by atoms with van der Waals surface area (Å²) >= 11 is 0. The summed E-state index contributed by atoms with van der Waals surface area (Å²) in [5, 5.41) is 2.79. The van der Waals surface area contributed by atoms with Crippen LogP contribution in [0.15, 0.2) is 67.1 Å². The summed E-state index contributed by atoms with van der Waals surface area (Å²) in [5.74, 6) is 1.01. The zero-order chi connectivity index (χ0) is 19.5. The lowest BCUT2D eigenvalue weighted by atomic mass is 10.2. The monoisotopic (exact) mass is 372 g/mol. The third kappa shape index (κ3) is 4.01. The molecule has 0 spiro atoms. The maximum Gasteiger partial charge on any atom is 0.256 e. The standard InChI is InChI=1S/C22H20N4O2/c1-15-9-10-23-20(11-15)25-22(27)17-4-6-19(7-5-17)28-14-18-13-26-12-16(2)3-8-21(26)24-18/h3-13H,14H2,1-2H3,(H,23,25,27). The molecule has 0 radical (unpaired) electrons. The van der Waals surface area contributed by atoms with Gasteiger partial charge in [0.15, 0.2) is 0 Å². The third-order valence-corrected chi connectivity index (χ3v) is 4.31. The van der Waals surface area contributed by atoms with Gasteiger partial charge in [-0.15, -0.1) is 0 Å². The van der Waals surface area contributed by atoms with Gasteiger partial charge in [0.2, 0.25) is 0 Å². The van der Waals surface area contributed by atoms with E-state index in [0.29, 0.717) is 23.7 Å². The predicted molar refractivity (Wildman–Crippen MR) is 108 cm³/mol. The second-order valence-electron chi connectivity index (χ2n) is 6.69. The lowest BCUT2D eigenvalue weighted by Crippen LogP contribution is -2.12. The minimum atomic E-state index is -0.208. The maximum atomic E-state index is 12.3. The summed E-state index contributed by atoms with van der Waals surface area (Å²) < 4.78 is 7.79. The van der Waals surface area contributed by atoms with E-state index < -0.39 is 0 Å². The number of imidazole rings is 1. The van der Waals surface area contributed by atoms with Gasteiger partial charge < -0.3 is 14.5 Å². The summed E-state index contributed by atoms with van der Waals surface area (Å²) in [6, 6.07) is 14.7. The number of carbonyl (C=O) groups excluding carboxylic acids is 1. The molecule has 3 aromatic heterocycles. The number of nitrogens with one attached hydrogen (secondary N) is 1. The highest BCUT2D eigenvalue weighted by molar-refractivity contribution is 6.03. The smallest absolute Gasteiger partial charge is 0.256 e. The number of benzene rings is 1. The van der Waals surface area contributed by atoms with Crippen LogP contribution < -0.4 is 10.1 Å². The first-order chi connectivity index (χ1) is 13.6. The van der Waals surface area contributed by atoms with Crippen molar-refractivity contribution >= 4 is 17.4 Å². The van der Waals surface area contributed by atoms with E-state index in [2.05, 4.69) is 15.3 Å². The molecule has 0 saturated heterocycles. The van der Waals surface area contributed by atoms with E-state index in [1.54, 1.807) is 30.5 Å². The van der Waals surface area contributed by atoms with E-state index in [1.807, 2.05) is 54.9 Å². The van der Waals surface area contributed by atoms with Crippen molar-refractivity contribution < 1.29 is 9.53 Å². The average molecular weight is 372 g/mol. The number of hydrogen-bond donors (Lipinski definition) is 1. The van der Waals surface area contributed by atoms with E-state index in [4.69, 9.17) is 4.74 Å². The summed E-state index contributed by atoms with van der Waals surface area (Å²) in [5.41, 5.74) is 4.49. The van der Waals surface area contributed by atoms with Crippen LogP contribution in [0.4, 0.5) is 5.82 Å². The van der Waals surface area contributed by atoms with Crippen LogP contribution in [0.5, 0.6) is 5.75 Å². The largest absolute Gasteiger partial charge is 0.487 e. The van der Waals surface area contributed by atoms with E-state index in [0.717, 1.165) is 16.9 Å². The Morgan fingerprint density at radius 1 is 1.04 bits per heavy atom. The van der Waals surface area contributed by atoms with Crippen molar-refractivity contribution in [1.29, 1.82) is 0 Å². The van der Waals surface area contributed by atoms with Gasteiger partial charge in [0.1, 0.15) is 23.8 Å². The van der Waals surface area contributed by atoms with Crippen LogP contribution in [0, 0.1) is 13.8 Å². The molecule has 1 amide bonds. The molecule has 4 aromatic rings. The zero-order valence-corrected chi connectivity index (χ0v) is 15.7. The van der Waals surface area contributed by atoms with Crippen LogP contribution in [0.2, 0.25) is 0 Å². The molecule has 0 saturated carbocycles. The fraction of sp³-hybridized carbons (Fsp3) is 0.136. The van der Waals surface area contributed by atoms with Crippen LogP contribution in [-0.2, 0) is 6.61 Å². The Bertz CT molecular complexity index is 1130. The van der Waals surface area contributed by atoms with Gasteiger partial charge in [0.05, 0.1) is 5.69 Å². The quantitative estimate of drug-likeness (QED) is 0.571. The van der Waals surface area contributed by atoms with Crippen molar-refractivity contribution in [2.75, 3.05) is 5.32 Å². The molecule has 0 atom stereocenters. The van der Waals surface area contributed by atoms with Crippen molar-refractivity contribution in [2.45, 2.75) is 20.5 Å². The first kappa shape index (κ1) is 17.7. The molecule has 0 aliphatic rings. The van der Waals surface area contributed by atoms with E-state index in [9.17, 15) is 4.79 Å². The lowest BCUT2D eigenvalue weighted by Gasteiger charge is -2.07. The third-order valence-electron chi connectivity index (χ3n) is 4.31. The maximum absolute atomic E-state index is 12.3. The van der Waals surface area contributed by atoms with Crippen LogP contribution in [0.25, 0.3) is 5.65 Å². The first-order valence-electron chi connectivity index (χ1n) is 8.98. The lowest BCUT2D eigenvalue weighted by molar-refractivity contribution is 0.102. The average Bonchev–Trinajstić information content (AvgIpc) is 3.09. The number of pyridine rings is 2. The van der Waals surface area contributed by atoms with Gasteiger partial charge in [0, 0.05) is 24.2 Å². The number of aromatic nitrogens is 3. The molecule has 0 bridgehead atoms. The SMILES string of the molecule is Cc1ccnc(NC(=O)c2ccc(OCc3cn4cc(C)ccc4n3)cc2)c1. The van der Waals surface area contributed by atoms with Crippen LogP contribution in [-0.4, -0.2) is 20.3 Å². The molecule has 0 fully saturated rings. The number of hydrogen-bond acceptors (Lipinski definition) is 4. The van der Waals surface area contributed by atoms with Gasteiger partial charge in [-0.05, 0) is 67.4 Å². The molecule has 0 aliphatic heterocycles. The molecule has 6 nitrogen and oxygen atoms in total. The Labute approximate surface area is 162 Å². The number of carbonyl (C=O) groups is 1. The van der Waals surface area contributed by atoms with Crippen LogP contribution in [0.1, 0.15) is 27.2 Å². The normalized spacial score (nSPS) is 10.8. The zero-order valence-electron chi connectivity index (χ0n) is 15.7. The van der Waals surface area contributed by atoms with E-state index >= 15 is 0 Å². The predicted octanol–water partition coefficient (Wildman–Crippen LogP) is 4.18. The highest BCUT2D eigenvalue weighted by Crippen LogP contribution is 2.16. The number of fused-ring (bicyclic) bond motifs is 1. The van der Waals surface area contributed by atoms with Crippen molar-refractivity contribution in [3.63, 3.8) is 0 Å². The molecule has 6 heteroatoms. The number of amides is 1.